The standard InChI is InChI=1S/C22H21NO3S/c1-15-10-11-18(12-16(15)2)27-14-22(25)26-13-21(24)23-20-9-5-7-17-6-3-4-8-19(17)20/h3-12H,13-14H2,1-2H3,(H,23,24). The van der Waals surface area contributed by atoms with Crippen LogP contribution in [-0.2, 0) is 14.3 Å². The molecule has 0 fully saturated rings. The number of anilines is 1. The molecule has 0 aliphatic heterocycles. The maximum atomic E-state index is 12.1. The van der Waals surface area contributed by atoms with Crippen molar-refractivity contribution in [2.24, 2.45) is 0 Å². The topological polar surface area (TPSA) is 55.4 Å². The largest absolute Gasteiger partial charge is 0.455 e. The average Bonchev–Trinajstić information content (AvgIpc) is 2.67. The molecule has 0 saturated heterocycles. The first-order valence-corrected chi connectivity index (χ1v) is 9.65. The Kier molecular flexibility index (Phi) is 6.14. The molecule has 0 radical (unpaired) electrons. The Balaban J connectivity index is 1.49. The first kappa shape index (κ1) is 19.0. The summed E-state index contributed by atoms with van der Waals surface area (Å²) in [7, 11) is 0. The molecule has 1 N–H and O–H groups in total. The molecule has 0 aliphatic carbocycles. The van der Waals surface area contributed by atoms with Crippen molar-refractivity contribution in [3.05, 3.63) is 71.8 Å². The number of hydrogen-bond acceptors (Lipinski definition) is 4. The summed E-state index contributed by atoms with van der Waals surface area (Å²) in [6.45, 7) is 3.79. The van der Waals surface area contributed by atoms with Crippen molar-refractivity contribution in [2.45, 2.75) is 18.7 Å². The Bertz CT molecular complexity index is 979. The van der Waals surface area contributed by atoms with Crippen LogP contribution in [0.5, 0.6) is 0 Å². The monoisotopic (exact) mass is 379 g/mol. The number of fused-ring (bicyclic) bond motifs is 1. The Morgan fingerprint density at radius 3 is 2.56 bits per heavy atom. The van der Waals surface area contributed by atoms with Crippen LogP contribution < -0.4 is 5.32 Å². The molecule has 3 aromatic rings. The summed E-state index contributed by atoms with van der Waals surface area (Å²) < 4.78 is 5.09. The first-order valence-electron chi connectivity index (χ1n) is 8.66. The van der Waals surface area contributed by atoms with E-state index < -0.39 is 5.97 Å². The van der Waals surface area contributed by atoms with Crippen LogP contribution in [0, 0.1) is 13.8 Å². The highest BCUT2D eigenvalue weighted by molar-refractivity contribution is 8.00. The second kappa shape index (κ2) is 8.73. The summed E-state index contributed by atoms with van der Waals surface area (Å²) in [5.41, 5.74) is 3.11. The zero-order valence-corrected chi connectivity index (χ0v) is 16.1. The number of ether oxygens (including phenoxy) is 1. The van der Waals surface area contributed by atoms with Crippen LogP contribution in [0.15, 0.2) is 65.6 Å². The fourth-order valence-corrected chi connectivity index (χ4v) is 3.45. The lowest BCUT2D eigenvalue weighted by molar-refractivity contribution is -0.144. The normalized spacial score (nSPS) is 10.6. The molecule has 5 heteroatoms. The molecule has 3 rings (SSSR count). The van der Waals surface area contributed by atoms with Gasteiger partial charge < -0.3 is 10.1 Å². The third kappa shape index (κ3) is 5.11. The molecule has 0 aromatic heterocycles. The van der Waals surface area contributed by atoms with Crippen molar-refractivity contribution >= 4 is 40.1 Å². The van der Waals surface area contributed by atoms with Crippen LogP contribution in [0.2, 0.25) is 0 Å². The van der Waals surface area contributed by atoms with Gasteiger partial charge in [0.15, 0.2) is 6.61 Å². The Hall–Kier alpha value is -2.79. The number of amides is 1. The van der Waals surface area contributed by atoms with E-state index in [0.29, 0.717) is 5.69 Å². The fraction of sp³-hybridized carbons (Fsp3) is 0.182. The Morgan fingerprint density at radius 1 is 0.963 bits per heavy atom. The number of aryl methyl sites for hydroxylation is 2. The molecule has 1 amide bonds. The number of nitrogens with one attached hydrogen (secondary N) is 1. The molecular formula is C22H21NO3S. The van der Waals surface area contributed by atoms with Crippen LogP contribution >= 0.6 is 11.8 Å². The number of hydrogen-bond donors (Lipinski definition) is 1. The van der Waals surface area contributed by atoms with Crippen LogP contribution in [-0.4, -0.2) is 24.2 Å². The van der Waals surface area contributed by atoms with Crippen molar-refractivity contribution in [3.8, 4) is 0 Å². The molecule has 0 unspecified atom stereocenters. The molecule has 0 bridgehead atoms. The van der Waals surface area contributed by atoms with E-state index in [0.717, 1.165) is 15.7 Å². The van der Waals surface area contributed by atoms with E-state index in [1.165, 1.54) is 22.9 Å². The van der Waals surface area contributed by atoms with Gasteiger partial charge in [0.2, 0.25) is 0 Å². The van der Waals surface area contributed by atoms with Gasteiger partial charge in [-0.3, -0.25) is 9.59 Å². The van der Waals surface area contributed by atoms with Crippen LogP contribution in [0.25, 0.3) is 10.8 Å². The summed E-state index contributed by atoms with van der Waals surface area (Å²) >= 11 is 1.40. The summed E-state index contributed by atoms with van der Waals surface area (Å²) in [6, 6.07) is 19.5. The summed E-state index contributed by atoms with van der Waals surface area (Å²) in [5.74, 6) is -0.591. The Morgan fingerprint density at radius 2 is 1.74 bits per heavy atom. The number of thioether (sulfide) groups is 1. The molecule has 3 aromatic carbocycles. The average molecular weight is 379 g/mol. The smallest absolute Gasteiger partial charge is 0.316 e. The van der Waals surface area contributed by atoms with E-state index in [4.69, 9.17) is 4.74 Å². The van der Waals surface area contributed by atoms with Gasteiger partial charge in [0.05, 0.1) is 5.75 Å². The van der Waals surface area contributed by atoms with Gasteiger partial charge >= 0.3 is 5.97 Å². The summed E-state index contributed by atoms with van der Waals surface area (Å²) in [5, 5.41) is 4.79. The predicted octanol–water partition coefficient (Wildman–Crippen LogP) is 4.73. The van der Waals surface area contributed by atoms with E-state index in [2.05, 4.69) is 5.32 Å². The van der Waals surface area contributed by atoms with Gasteiger partial charge in [0, 0.05) is 16.0 Å². The molecule has 4 nitrogen and oxygen atoms in total. The quantitative estimate of drug-likeness (QED) is 0.497. The highest BCUT2D eigenvalue weighted by atomic mass is 32.2. The highest BCUT2D eigenvalue weighted by Crippen LogP contribution is 2.23. The minimum absolute atomic E-state index is 0.171. The van der Waals surface area contributed by atoms with Crippen LogP contribution in [0.4, 0.5) is 5.69 Å². The number of rotatable bonds is 6. The van der Waals surface area contributed by atoms with E-state index in [1.807, 2.05) is 74.5 Å². The van der Waals surface area contributed by atoms with E-state index in [1.54, 1.807) is 0 Å². The number of benzene rings is 3. The molecule has 0 atom stereocenters. The minimum Gasteiger partial charge on any atom is -0.455 e. The minimum atomic E-state index is -0.411. The Labute approximate surface area is 162 Å². The third-order valence-corrected chi connectivity index (χ3v) is 5.23. The molecule has 0 saturated carbocycles. The predicted molar refractivity (Wildman–Crippen MR) is 110 cm³/mol. The number of esters is 1. The zero-order valence-electron chi connectivity index (χ0n) is 15.3. The summed E-state index contributed by atoms with van der Waals surface area (Å²) in [4.78, 5) is 25.0. The van der Waals surface area contributed by atoms with Crippen molar-refractivity contribution in [3.63, 3.8) is 0 Å². The van der Waals surface area contributed by atoms with Crippen molar-refractivity contribution in [2.75, 3.05) is 17.7 Å². The zero-order chi connectivity index (χ0) is 19.2. The van der Waals surface area contributed by atoms with Gasteiger partial charge in [-0.25, -0.2) is 0 Å². The van der Waals surface area contributed by atoms with E-state index in [9.17, 15) is 9.59 Å². The second-order valence-corrected chi connectivity index (χ2v) is 7.32. The van der Waals surface area contributed by atoms with Crippen LogP contribution in [0.3, 0.4) is 0 Å². The molecule has 0 spiro atoms. The van der Waals surface area contributed by atoms with Crippen molar-refractivity contribution < 1.29 is 14.3 Å². The lowest BCUT2D eigenvalue weighted by Gasteiger charge is -2.09. The van der Waals surface area contributed by atoms with Gasteiger partial charge in [-0.1, -0.05) is 42.5 Å². The summed E-state index contributed by atoms with van der Waals surface area (Å²) in [6.07, 6.45) is 0. The highest BCUT2D eigenvalue weighted by Gasteiger charge is 2.10. The van der Waals surface area contributed by atoms with Gasteiger partial charge in [-0.05, 0) is 48.6 Å². The molecular weight excluding hydrogens is 358 g/mol. The number of carbonyl (C=O) groups excluding carboxylic acids is 2. The maximum absolute atomic E-state index is 12.1. The maximum Gasteiger partial charge on any atom is 0.316 e. The van der Waals surface area contributed by atoms with Gasteiger partial charge in [-0.15, -0.1) is 11.8 Å². The first-order chi connectivity index (χ1) is 13.0. The van der Waals surface area contributed by atoms with Gasteiger partial charge in [0.25, 0.3) is 5.91 Å². The van der Waals surface area contributed by atoms with Crippen LogP contribution in [0.1, 0.15) is 11.1 Å². The lowest BCUT2D eigenvalue weighted by atomic mass is 10.1. The van der Waals surface area contributed by atoms with Gasteiger partial charge in [-0.2, -0.15) is 0 Å². The SMILES string of the molecule is Cc1ccc(SCC(=O)OCC(=O)Nc2cccc3ccccc23)cc1C. The lowest BCUT2D eigenvalue weighted by Crippen LogP contribution is -2.21. The van der Waals surface area contributed by atoms with Crippen molar-refractivity contribution in [1.29, 1.82) is 0 Å². The van der Waals surface area contributed by atoms with E-state index >= 15 is 0 Å². The fourth-order valence-electron chi connectivity index (χ4n) is 2.65. The molecule has 0 heterocycles. The number of carbonyl (C=O) groups is 2. The third-order valence-electron chi connectivity index (χ3n) is 4.26. The molecule has 138 valence electrons. The second-order valence-electron chi connectivity index (χ2n) is 6.27. The molecule has 0 aliphatic rings. The van der Waals surface area contributed by atoms with E-state index in [-0.39, 0.29) is 18.3 Å². The molecule has 27 heavy (non-hydrogen) atoms. The van der Waals surface area contributed by atoms with Gasteiger partial charge in [0.1, 0.15) is 0 Å². The van der Waals surface area contributed by atoms with Crippen molar-refractivity contribution in [1.82, 2.24) is 0 Å².